The molecule has 0 aliphatic heterocycles. The van der Waals surface area contributed by atoms with Crippen molar-refractivity contribution in [1.82, 2.24) is 20.2 Å². The lowest BCUT2D eigenvalue weighted by Gasteiger charge is -2.06. The fraction of sp³-hybridized carbons (Fsp3) is 0. The molecule has 0 spiro atoms. The first-order valence-electron chi connectivity index (χ1n) is 5.85. The molecule has 0 aliphatic rings. The average molecular weight is 324 g/mol. The summed E-state index contributed by atoms with van der Waals surface area (Å²) in [4.78, 5) is 0. The van der Waals surface area contributed by atoms with E-state index in [1.54, 1.807) is 24.3 Å². The van der Waals surface area contributed by atoms with Crippen LogP contribution in [0.25, 0.3) is 17.1 Å². The van der Waals surface area contributed by atoms with Gasteiger partial charge in [0.15, 0.2) is 5.82 Å². The van der Waals surface area contributed by atoms with E-state index in [1.165, 1.54) is 16.8 Å². The maximum absolute atomic E-state index is 13.6. The molecular weight excluding hydrogens is 316 g/mol. The number of nitrogen functional groups attached to an aromatic ring is 1. The van der Waals surface area contributed by atoms with Gasteiger partial charge in [0.2, 0.25) is 0 Å². The summed E-state index contributed by atoms with van der Waals surface area (Å²) in [5.41, 5.74) is 6.64. The number of hydrogen-bond acceptors (Lipinski definition) is 4. The monoisotopic (exact) mass is 323 g/mol. The highest BCUT2D eigenvalue weighted by atomic mass is 35.5. The van der Waals surface area contributed by atoms with Gasteiger partial charge in [-0.05, 0) is 46.8 Å². The van der Waals surface area contributed by atoms with Crippen molar-refractivity contribution < 1.29 is 4.39 Å². The number of hydrogen-bond donors (Lipinski definition) is 1. The molecule has 0 saturated carbocycles. The Balaban J connectivity index is 2.12. The van der Waals surface area contributed by atoms with Crippen molar-refractivity contribution in [1.29, 1.82) is 0 Å². The van der Waals surface area contributed by atoms with Gasteiger partial charge in [0.25, 0.3) is 0 Å². The number of tetrazole rings is 1. The maximum atomic E-state index is 13.6. The fourth-order valence-corrected chi connectivity index (χ4v) is 2.12. The van der Waals surface area contributed by atoms with E-state index in [4.69, 9.17) is 28.9 Å². The first-order chi connectivity index (χ1) is 10.1. The Hall–Kier alpha value is -2.18. The van der Waals surface area contributed by atoms with Gasteiger partial charge >= 0.3 is 0 Å². The summed E-state index contributed by atoms with van der Waals surface area (Å²) in [6.45, 7) is 0. The van der Waals surface area contributed by atoms with Crippen molar-refractivity contribution in [2.24, 2.45) is 0 Å². The topological polar surface area (TPSA) is 69.6 Å². The Morgan fingerprint density at radius 3 is 2.57 bits per heavy atom. The van der Waals surface area contributed by atoms with Gasteiger partial charge < -0.3 is 5.73 Å². The van der Waals surface area contributed by atoms with Crippen LogP contribution in [0.15, 0.2) is 36.4 Å². The molecule has 3 aromatic rings. The molecule has 5 nitrogen and oxygen atoms in total. The standard InChI is InChI=1S/C13H8Cl2FN5/c14-9-3-2-8(6-10(9)15)21-13(18-19-20-21)7-1-4-12(17)11(16)5-7/h1-6H,17H2. The molecule has 0 radical (unpaired) electrons. The van der Waals surface area contributed by atoms with Gasteiger partial charge in [-0.1, -0.05) is 23.2 Å². The van der Waals surface area contributed by atoms with Crippen molar-refractivity contribution in [2.75, 3.05) is 5.73 Å². The highest BCUT2D eigenvalue weighted by molar-refractivity contribution is 6.42. The van der Waals surface area contributed by atoms with E-state index >= 15 is 0 Å². The Morgan fingerprint density at radius 1 is 1.05 bits per heavy atom. The predicted octanol–water partition coefficient (Wildman–Crippen LogP) is 3.36. The van der Waals surface area contributed by atoms with Crippen molar-refractivity contribution in [3.63, 3.8) is 0 Å². The zero-order chi connectivity index (χ0) is 15.0. The zero-order valence-electron chi connectivity index (χ0n) is 10.5. The lowest BCUT2D eigenvalue weighted by Crippen LogP contribution is -2.00. The molecule has 1 aromatic heterocycles. The predicted molar refractivity (Wildman–Crippen MR) is 79.0 cm³/mol. The minimum Gasteiger partial charge on any atom is -0.396 e. The fourth-order valence-electron chi connectivity index (χ4n) is 1.82. The van der Waals surface area contributed by atoms with Crippen LogP contribution in [0.4, 0.5) is 10.1 Å². The highest BCUT2D eigenvalue weighted by Crippen LogP contribution is 2.27. The number of nitrogens with two attached hydrogens (primary N) is 1. The van der Waals surface area contributed by atoms with Crippen molar-refractivity contribution in [3.8, 4) is 17.1 Å². The number of nitrogens with zero attached hydrogens (tertiary/aromatic N) is 4. The molecule has 0 fully saturated rings. The van der Waals surface area contributed by atoms with Crippen molar-refractivity contribution in [3.05, 3.63) is 52.3 Å². The summed E-state index contributed by atoms with van der Waals surface area (Å²) in [7, 11) is 0. The summed E-state index contributed by atoms with van der Waals surface area (Å²) in [5.74, 6) is -0.163. The van der Waals surface area contributed by atoms with Gasteiger partial charge in [-0.25, -0.2) is 4.39 Å². The molecule has 8 heteroatoms. The lowest BCUT2D eigenvalue weighted by atomic mass is 10.2. The molecule has 3 rings (SSSR count). The molecule has 0 bridgehead atoms. The smallest absolute Gasteiger partial charge is 0.187 e. The van der Waals surface area contributed by atoms with E-state index in [9.17, 15) is 4.39 Å². The van der Waals surface area contributed by atoms with Crippen LogP contribution in [0.1, 0.15) is 0 Å². The van der Waals surface area contributed by atoms with E-state index < -0.39 is 5.82 Å². The van der Waals surface area contributed by atoms with Gasteiger partial charge in [-0.2, -0.15) is 4.68 Å². The Labute approximate surface area is 129 Å². The number of benzene rings is 2. The van der Waals surface area contributed by atoms with Crippen LogP contribution in [-0.2, 0) is 0 Å². The minimum absolute atomic E-state index is 0.0623. The minimum atomic E-state index is -0.531. The van der Waals surface area contributed by atoms with E-state index in [-0.39, 0.29) is 5.69 Å². The van der Waals surface area contributed by atoms with E-state index in [2.05, 4.69) is 15.5 Å². The molecule has 21 heavy (non-hydrogen) atoms. The second kappa shape index (κ2) is 5.31. The van der Waals surface area contributed by atoms with Crippen LogP contribution in [0.5, 0.6) is 0 Å². The molecule has 1 heterocycles. The van der Waals surface area contributed by atoms with Crippen molar-refractivity contribution >= 4 is 28.9 Å². The lowest BCUT2D eigenvalue weighted by molar-refractivity contribution is 0.632. The SMILES string of the molecule is Nc1ccc(-c2nnnn2-c2ccc(Cl)c(Cl)c2)cc1F. The second-order valence-corrected chi connectivity index (χ2v) is 5.06. The summed E-state index contributed by atoms with van der Waals surface area (Å²) in [5, 5.41) is 12.2. The average Bonchev–Trinajstić information content (AvgIpc) is 2.94. The summed E-state index contributed by atoms with van der Waals surface area (Å²) in [6.07, 6.45) is 0. The summed E-state index contributed by atoms with van der Waals surface area (Å²) < 4.78 is 15.0. The Bertz CT molecular complexity index is 752. The third kappa shape index (κ3) is 2.55. The van der Waals surface area contributed by atoms with Gasteiger partial charge in [0.1, 0.15) is 5.82 Å². The maximum Gasteiger partial charge on any atom is 0.187 e. The van der Waals surface area contributed by atoms with E-state index in [0.29, 0.717) is 27.1 Å². The van der Waals surface area contributed by atoms with Crippen LogP contribution in [0.3, 0.4) is 0 Å². The molecule has 0 saturated heterocycles. The first kappa shape index (κ1) is 13.8. The molecule has 106 valence electrons. The molecule has 0 aliphatic carbocycles. The third-order valence-corrected chi connectivity index (χ3v) is 3.61. The van der Waals surface area contributed by atoms with Crippen molar-refractivity contribution in [2.45, 2.75) is 0 Å². The van der Waals surface area contributed by atoms with Crippen LogP contribution in [-0.4, -0.2) is 20.2 Å². The first-order valence-corrected chi connectivity index (χ1v) is 6.61. The van der Waals surface area contributed by atoms with Gasteiger partial charge in [0, 0.05) is 5.56 Å². The van der Waals surface area contributed by atoms with Crippen LogP contribution in [0.2, 0.25) is 10.0 Å². The number of anilines is 1. The van der Waals surface area contributed by atoms with Gasteiger partial charge in [-0.15, -0.1) is 5.10 Å². The van der Waals surface area contributed by atoms with Crippen LogP contribution in [0, 0.1) is 5.82 Å². The van der Waals surface area contributed by atoms with Crippen LogP contribution < -0.4 is 5.73 Å². The molecule has 0 unspecified atom stereocenters. The number of halogens is 3. The summed E-state index contributed by atoms with van der Waals surface area (Å²) >= 11 is 11.9. The molecule has 2 N–H and O–H groups in total. The molecule has 2 aromatic carbocycles. The Morgan fingerprint density at radius 2 is 1.86 bits per heavy atom. The van der Waals surface area contributed by atoms with Crippen LogP contribution >= 0.6 is 23.2 Å². The summed E-state index contributed by atoms with van der Waals surface area (Å²) in [6, 6.07) is 9.33. The van der Waals surface area contributed by atoms with Gasteiger partial charge in [0.05, 0.1) is 21.4 Å². The molecule has 0 atom stereocenters. The normalized spacial score (nSPS) is 10.8. The third-order valence-electron chi connectivity index (χ3n) is 2.88. The van der Waals surface area contributed by atoms with E-state index in [0.717, 1.165) is 0 Å². The molecule has 0 amide bonds. The number of rotatable bonds is 2. The molecular formula is C13H8Cl2FN5. The van der Waals surface area contributed by atoms with E-state index in [1.807, 2.05) is 0 Å². The quantitative estimate of drug-likeness (QED) is 0.734. The Kier molecular flexibility index (Phi) is 3.48. The highest BCUT2D eigenvalue weighted by Gasteiger charge is 2.13. The van der Waals surface area contributed by atoms with Gasteiger partial charge in [-0.3, -0.25) is 0 Å². The second-order valence-electron chi connectivity index (χ2n) is 4.25. The number of aromatic nitrogens is 4. The largest absolute Gasteiger partial charge is 0.396 e. The zero-order valence-corrected chi connectivity index (χ0v) is 12.0.